The summed E-state index contributed by atoms with van der Waals surface area (Å²) >= 11 is 0. The zero-order valence-electron chi connectivity index (χ0n) is 67.1. The molecule has 3 unspecified atom stereocenters. The van der Waals surface area contributed by atoms with Gasteiger partial charge >= 0.3 is 39.5 Å². The molecule has 0 bridgehead atoms. The van der Waals surface area contributed by atoms with Crippen molar-refractivity contribution in [1.29, 1.82) is 0 Å². The molecule has 0 aromatic rings. The highest BCUT2D eigenvalue weighted by Gasteiger charge is 2.30. The SMILES string of the molecule is CCCCCCCCCCCCCCCCCC(=O)OC[C@H](COP(=O)(O)OC[C@@H](O)COP(=O)(O)OC[C@@H](COC(=O)CCCCCCCCCCCC(C)C)OC(=O)CCCCCCCCCCCCC(C)CC)OC(=O)CCCCCCCCCCCCCCCCCCCCC(C)C. The molecule has 0 heterocycles. The normalized spacial score (nSPS) is 14.2. The topological polar surface area (TPSA) is 237 Å². The second kappa shape index (κ2) is 73.2. The molecule has 0 saturated carbocycles. The van der Waals surface area contributed by atoms with Crippen LogP contribution >= 0.6 is 15.6 Å². The van der Waals surface area contributed by atoms with Gasteiger partial charge in [-0.25, -0.2) is 9.13 Å². The van der Waals surface area contributed by atoms with Crippen molar-refractivity contribution in [3.8, 4) is 0 Å². The van der Waals surface area contributed by atoms with Gasteiger partial charge in [-0.2, -0.15) is 0 Å². The van der Waals surface area contributed by atoms with Gasteiger partial charge in [0, 0.05) is 25.7 Å². The zero-order valence-corrected chi connectivity index (χ0v) is 68.9. The highest BCUT2D eigenvalue weighted by molar-refractivity contribution is 7.47. The van der Waals surface area contributed by atoms with Crippen LogP contribution in [0.1, 0.15) is 434 Å². The summed E-state index contributed by atoms with van der Waals surface area (Å²) < 4.78 is 68.8. The van der Waals surface area contributed by atoms with Crippen molar-refractivity contribution in [2.24, 2.45) is 17.8 Å². The minimum absolute atomic E-state index is 0.106. The predicted molar refractivity (Wildman–Crippen MR) is 418 cm³/mol. The number of phosphoric acid groups is 2. The van der Waals surface area contributed by atoms with Gasteiger partial charge in [0.15, 0.2) is 12.2 Å². The van der Waals surface area contributed by atoms with Crippen LogP contribution in [0.25, 0.3) is 0 Å². The highest BCUT2D eigenvalue weighted by Crippen LogP contribution is 2.45. The summed E-state index contributed by atoms with van der Waals surface area (Å²) in [4.78, 5) is 73.1. The van der Waals surface area contributed by atoms with Crippen LogP contribution in [0.15, 0.2) is 0 Å². The van der Waals surface area contributed by atoms with E-state index in [2.05, 4.69) is 48.5 Å². The molecular weight excluding hydrogens is 1330 g/mol. The number of rotatable bonds is 81. The van der Waals surface area contributed by atoms with E-state index in [9.17, 15) is 43.2 Å². The van der Waals surface area contributed by atoms with Gasteiger partial charge in [0.2, 0.25) is 0 Å². The summed E-state index contributed by atoms with van der Waals surface area (Å²) in [6.07, 6.45) is 62.4. The summed E-state index contributed by atoms with van der Waals surface area (Å²) in [5, 5.41) is 10.7. The Kier molecular flexibility index (Phi) is 71.8. The van der Waals surface area contributed by atoms with E-state index in [4.69, 9.17) is 37.0 Å². The molecular formula is C83H162O17P2. The van der Waals surface area contributed by atoms with E-state index < -0.39 is 97.5 Å². The van der Waals surface area contributed by atoms with Crippen molar-refractivity contribution in [2.45, 2.75) is 452 Å². The Morgan fingerprint density at radius 3 is 0.745 bits per heavy atom. The fourth-order valence-corrected chi connectivity index (χ4v) is 14.4. The Bertz CT molecular complexity index is 1980. The van der Waals surface area contributed by atoms with Crippen molar-refractivity contribution in [2.75, 3.05) is 39.6 Å². The van der Waals surface area contributed by atoms with Crippen molar-refractivity contribution >= 4 is 39.5 Å². The Hall–Kier alpha value is -1.94. The fourth-order valence-electron chi connectivity index (χ4n) is 12.8. The molecule has 0 radical (unpaired) electrons. The lowest BCUT2D eigenvalue weighted by Gasteiger charge is -2.21. The van der Waals surface area contributed by atoms with E-state index in [0.29, 0.717) is 25.7 Å². The summed E-state index contributed by atoms with van der Waals surface area (Å²) in [7, 11) is -9.92. The Morgan fingerprint density at radius 1 is 0.284 bits per heavy atom. The van der Waals surface area contributed by atoms with E-state index in [1.807, 2.05) is 0 Å². The molecule has 0 fully saturated rings. The maximum absolute atomic E-state index is 13.1. The Morgan fingerprint density at radius 2 is 0.500 bits per heavy atom. The molecule has 19 heteroatoms. The standard InChI is InChI=1S/C83H162O17P2/c1-8-10-11-12-13-14-15-16-21-25-28-36-43-50-57-64-80(85)93-70-78(99-82(87)66-59-52-45-37-29-26-23-20-18-17-19-22-24-27-33-40-47-54-61-74(3)4)72-97-101(89,90)95-68-77(84)69-96-102(91,92)98-73-79(71-94-81(86)65-58-51-44-39-32-34-41-48-55-62-75(5)6)100-83(88)67-60-53-46-38-31-30-35-42-49-56-63-76(7)9-2/h74-79,84H,8-73H2,1-7H3,(H,89,90)(H,91,92)/t76?,77-,78-,79-/m1/s1. The Balaban J connectivity index is 5.25. The van der Waals surface area contributed by atoms with E-state index in [1.54, 1.807) is 0 Å². The first-order valence-corrected chi connectivity index (χ1v) is 45.9. The number of hydrogen-bond acceptors (Lipinski definition) is 15. The Labute approximate surface area is 626 Å². The van der Waals surface area contributed by atoms with Crippen molar-refractivity contribution in [3.63, 3.8) is 0 Å². The first-order valence-electron chi connectivity index (χ1n) is 42.9. The largest absolute Gasteiger partial charge is 0.472 e. The zero-order chi connectivity index (χ0) is 75.1. The molecule has 0 aromatic heterocycles. The lowest BCUT2D eigenvalue weighted by molar-refractivity contribution is -0.161. The molecule has 0 aliphatic heterocycles. The van der Waals surface area contributed by atoms with Gasteiger partial charge in [0.05, 0.1) is 26.4 Å². The molecule has 3 N–H and O–H groups in total. The molecule has 17 nitrogen and oxygen atoms in total. The average molecular weight is 1490 g/mol. The third-order valence-electron chi connectivity index (χ3n) is 19.7. The lowest BCUT2D eigenvalue weighted by Crippen LogP contribution is -2.30. The van der Waals surface area contributed by atoms with Crippen molar-refractivity contribution in [1.82, 2.24) is 0 Å². The third-order valence-corrected chi connectivity index (χ3v) is 21.6. The number of carbonyl (C=O) groups excluding carboxylic acids is 4. The number of aliphatic hydroxyl groups excluding tert-OH is 1. The number of aliphatic hydroxyl groups is 1. The van der Waals surface area contributed by atoms with Crippen LogP contribution < -0.4 is 0 Å². The molecule has 0 aromatic carbocycles. The van der Waals surface area contributed by atoms with Crippen LogP contribution in [0.3, 0.4) is 0 Å². The van der Waals surface area contributed by atoms with E-state index in [1.165, 1.54) is 244 Å². The number of unbranched alkanes of at least 4 members (excludes halogenated alkanes) is 48. The van der Waals surface area contributed by atoms with E-state index >= 15 is 0 Å². The number of esters is 4. The summed E-state index contributed by atoms with van der Waals surface area (Å²) in [6.45, 7) is 12.0. The molecule has 0 amide bonds. The van der Waals surface area contributed by atoms with Gasteiger partial charge in [-0.15, -0.1) is 0 Å². The molecule has 6 atom stereocenters. The van der Waals surface area contributed by atoms with Crippen LogP contribution in [0.5, 0.6) is 0 Å². The van der Waals surface area contributed by atoms with Crippen LogP contribution in [0.2, 0.25) is 0 Å². The first kappa shape index (κ1) is 100. The monoisotopic (exact) mass is 1490 g/mol. The molecule has 0 aliphatic rings. The summed E-state index contributed by atoms with van der Waals surface area (Å²) in [5.74, 6) is 0.259. The van der Waals surface area contributed by atoms with E-state index in [0.717, 1.165) is 108 Å². The molecule has 0 saturated heterocycles. The fraction of sp³-hybridized carbons (Fsp3) is 0.952. The number of ether oxygens (including phenoxy) is 4. The second-order valence-electron chi connectivity index (χ2n) is 31.1. The maximum Gasteiger partial charge on any atom is 0.472 e. The van der Waals surface area contributed by atoms with Crippen LogP contribution in [0, 0.1) is 17.8 Å². The highest BCUT2D eigenvalue weighted by atomic mass is 31.2. The summed E-state index contributed by atoms with van der Waals surface area (Å²) in [6, 6.07) is 0. The molecule has 0 aliphatic carbocycles. The average Bonchev–Trinajstić information content (AvgIpc) is 0.914. The van der Waals surface area contributed by atoms with Crippen LogP contribution in [0.4, 0.5) is 0 Å². The van der Waals surface area contributed by atoms with Gasteiger partial charge in [-0.3, -0.25) is 37.3 Å². The number of carbonyl (C=O) groups is 4. The van der Waals surface area contributed by atoms with Gasteiger partial charge in [0.25, 0.3) is 0 Å². The molecule has 0 spiro atoms. The molecule has 0 rings (SSSR count). The van der Waals surface area contributed by atoms with Crippen molar-refractivity contribution < 1.29 is 80.2 Å². The first-order chi connectivity index (χ1) is 49.3. The predicted octanol–water partition coefficient (Wildman–Crippen LogP) is 24.9. The molecule has 102 heavy (non-hydrogen) atoms. The maximum atomic E-state index is 13.1. The molecule has 606 valence electrons. The van der Waals surface area contributed by atoms with Gasteiger partial charge in [-0.1, -0.05) is 382 Å². The quantitative estimate of drug-likeness (QED) is 0.0222. The van der Waals surface area contributed by atoms with Crippen molar-refractivity contribution in [3.05, 3.63) is 0 Å². The number of hydrogen-bond donors (Lipinski definition) is 3. The lowest BCUT2D eigenvalue weighted by atomic mass is 9.99. The van der Waals surface area contributed by atoms with Crippen LogP contribution in [-0.4, -0.2) is 96.7 Å². The minimum Gasteiger partial charge on any atom is -0.462 e. The van der Waals surface area contributed by atoms with Gasteiger partial charge < -0.3 is 33.8 Å². The summed E-state index contributed by atoms with van der Waals surface area (Å²) in [5.41, 5.74) is 0. The van der Waals surface area contributed by atoms with E-state index in [-0.39, 0.29) is 25.7 Å². The van der Waals surface area contributed by atoms with Gasteiger partial charge in [-0.05, 0) is 43.4 Å². The second-order valence-corrected chi connectivity index (χ2v) is 34.0. The number of phosphoric ester groups is 2. The van der Waals surface area contributed by atoms with Gasteiger partial charge in [0.1, 0.15) is 19.3 Å². The third kappa shape index (κ3) is 74.9. The van der Waals surface area contributed by atoms with Crippen LogP contribution in [-0.2, 0) is 65.4 Å². The minimum atomic E-state index is -4.96. The smallest absolute Gasteiger partial charge is 0.462 e.